The molecule has 1 aromatic rings. The largest absolute Gasteiger partial charge is 0.398 e. The molecule has 0 saturated carbocycles. The maximum Gasteiger partial charge on any atom is 0.228 e. The monoisotopic (exact) mass is 262 g/mol. The van der Waals surface area contributed by atoms with Crippen LogP contribution in [0.5, 0.6) is 0 Å². The van der Waals surface area contributed by atoms with Crippen molar-refractivity contribution in [2.45, 2.75) is 32.9 Å². The van der Waals surface area contributed by atoms with E-state index in [-0.39, 0.29) is 17.9 Å². The number of benzene rings is 1. The normalized spacial score (nSPS) is 22.4. The number of carbonyl (C=O) groups is 1. The summed E-state index contributed by atoms with van der Waals surface area (Å²) in [7, 11) is 0. The zero-order valence-electron chi connectivity index (χ0n) is 11.6. The average Bonchev–Trinajstić information content (AvgIpc) is 2.84. The lowest BCUT2D eigenvalue weighted by molar-refractivity contribution is -0.135. The van der Waals surface area contributed by atoms with Gasteiger partial charge in [-0.1, -0.05) is 18.2 Å². The molecule has 2 rings (SSSR count). The third kappa shape index (κ3) is 3.26. The van der Waals surface area contributed by atoms with Gasteiger partial charge in [-0.2, -0.15) is 0 Å². The smallest absolute Gasteiger partial charge is 0.228 e. The minimum Gasteiger partial charge on any atom is -0.398 e. The van der Waals surface area contributed by atoms with Gasteiger partial charge < -0.3 is 15.4 Å². The van der Waals surface area contributed by atoms with E-state index in [1.54, 1.807) is 0 Å². The molecule has 0 bridgehead atoms. The van der Waals surface area contributed by atoms with Crippen LogP contribution in [0.25, 0.3) is 0 Å². The zero-order chi connectivity index (χ0) is 13.8. The van der Waals surface area contributed by atoms with Gasteiger partial charge in [0.05, 0.1) is 18.6 Å². The Morgan fingerprint density at radius 1 is 1.47 bits per heavy atom. The Balaban J connectivity index is 2.04. The van der Waals surface area contributed by atoms with E-state index in [0.717, 1.165) is 17.7 Å². The number of hydrogen-bond donors (Lipinski definition) is 1. The van der Waals surface area contributed by atoms with E-state index >= 15 is 0 Å². The Kier molecular flexibility index (Phi) is 4.43. The molecule has 1 aromatic carbocycles. The van der Waals surface area contributed by atoms with Crippen molar-refractivity contribution in [3.05, 3.63) is 29.8 Å². The Morgan fingerprint density at radius 3 is 2.79 bits per heavy atom. The van der Waals surface area contributed by atoms with Gasteiger partial charge in [0, 0.05) is 18.8 Å². The lowest BCUT2D eigenvalue weighted by Gasteiger charge is -2.24. The van der Waals surface area contributed by atoms with Gasteiger partial charge in [0.15, 0.2) is 0 Å². The number of anilines is 1. The van der Waals surface area contributed by atoms with Crippen LogP contribution in [0.2, 0.25) is 0 Å². The fraction of sp³-hybridized carbons (Fsp3) is 0.533. The fourth-order valence-electron chi connectivity index (χ4n) is 2.48. The molecule has 4 heteroatoms. The van der Waals surface area contributed by atoms with Crippen molar-refractivity contribution in [1.29, 1.82) is 0 Å². The summed E-state index contributed by atoms with van der Waals surface area (Å²) in [6.07, 6.45) is 1.01. The summed E-state index contributed by atoms with van der Waals surface area (Å²) in [6, 6.07) is 7.70. The van der Waals surface area contributed by atoms with E-state index < -0.39 is 0 Å². The van der Waals surface area contributed by atoms with Crippen LogP contribution in [0.3, 0.4) is 0 Å². The Bertz CT molecular complexity index is 448. The summed E-state index contributed by atoms with van der Waals surface area (Å²) in [5.74, 6) is 0.176. The number of nitrogens with two attached hydrogens (primary N) is 1. The summed E-state index contributed by atoms with van der Waals surface area (Å²) in [4.78, 5) is 14.3. The van der Waals surface area contributed by atoms with Crippen LogP contribution >= 0.6 is 0 Å². The van der Waals surface area contributed by atoms with Gasteiger partial charge in [-0.05, 0) is 31.9 Å². The first-order valence-electron chi connectivity index (χ1n) is 6.85. The topological polar surface area (TPSA) is 55.6 Å². The van der Waals surface area contributed by atoms with E-state index in [1.807, 2.05) is 43.0 Å². The fourth-order valence-corrected chi connectivity index (χ4v) is 2.48. The average molecular weight is 262 g/mol. The highest BCUT2D eigenvalue weighted by atomic mass is 16.5. The zero-order valence-corrected chi connectivity index (χ0v) is 11.6. The Labute approximate surface area is 114 Å². The van der Waals surface area contributed by atoms with Crippen molar-refractivity contribution >= 4 is 11.6 Å². The minimum absolute atomic E-state index is 0.000105. The summed E-state index contributed by atoms with van der Waals surface area (Å²) in [5, 5.41) is 0. The van der Waals surface area contributed by atoms with E-state index in [4.69, 9.17) is 10.5 Å². The third-order valence-electron chi connectivity index (χ3n) is 3.66. The van der Waals surface area contributed by atoms with Crippen LogP contribution in [0.1, 0.15) is 25.8 Å². The second kappa shape index (κ2) is 6.06. The molecule has 1 heterocycles. The van der Waals surface area contributed by atoms with Crippen molar-refractivity contribution in [3.63, 3.8) is 0 Å². The van der Waals surface area contributed by atoms with Crippen LogP contribution in [0.4, 0.5) is 5.69 Å². The van der Waals surface area contributed by atoms with Crippen LogP contribution in [-0.4, -0.2) is 30.1 Å². The SMILES string of the molecule is CCN(Cc1ccccc1N)C(=O)C1COC(C)C1. The van der Waals surface area contributed by atoms with Crippen molar-refractivity contribution in [1.82, 2.24) is 4.90 Å². The molecule has 1 aliphatic rings. The molecule has 0 aromatic heterocycles. The third-order valence-corrected chi connectivity index (χ3v) is 3.66. The summed E-state index contributed by atoms with van der Waals surface area (Å²) >= 11 is 0. The standard InChI is InChI=1S/C15H22N2O2/c1-3-17(9-12-6-4-5-7-14(12)16)15(18)13-8-11(2)19-10-13/h4-7,11,13H,3,8-10,16H2,1-2H3. The maximum atomic E-state index is 12.4. The van der Waals surface area contributed by atoms with Crippen LogP contribution in [-0.2, 0) is 16.1 Å². The molecule has 1 fully saturated rings. The predicted molar refractivity (Wildman–Crippen MR) is 75.5 cm³/mol. The van der Waals surface area contributed by atoms with Gasteiger partial charge in [-0.3, -0.25) is 4.79 Å². The summed E-state index contributed by atoms with van der Waals surface area (Å²) in [5.41, 5.74) is 7.68. The van der Waals surface area contributed by atoms with E-state index in [9.17, 15) is 4.79 Å². The molecule has 19 heavy (non-hydrogen) atoms. The number of ether oxygens (including phenoxy) is 1. The van der Waals surface area contributed by atoms with Crippen LogP contribution in [0, 0.1) is 5.92 Å². The Hall–Kier alpha value is -1.55. The molecule has 0 spiro atoms. The molecule has 2 atom stereocenters. The quantitative estimate of drug-likeness (QED) is 0.845. The molecule has 2 unspecified atom stereocenters. The highest BCUT2D eigenvalue weighted by Crippen LogP contribution is 2.23. The summed E-state index contributed by atoms with van der Waals surface area (Å²) < 4.78 is 5.48. The lowest BCUT2D eigenvalue weighted by atomic mass is 10.0. The van der Waals surface area contributed by atoms with Crippen LogP contribution < -0.4 is 5.73 Å². The van der Waals surface area contributed by atoms with Gasteiger partial charge in [-0.25, -0.2) is 0 Å². The molecule has 2 N–H and O–H groups in total. The molecule has 0 aliphatic carbocycles. The van der Waals surface area contributed by atoms with Gasteiger partial charge in [0.25, 0.3) is 0 Å². The predicted octanol–water partition coefficient (Wildman–Crippen LogP) is 2.04. The molecule has 1 amide bonds. The highest BCUT2D eigenvalue weighted by Gasteiger charge is 2.31. The Morgan fingerprint density at radius 2 is 2.21 bits per heavy atom. The minimum atomic E-state index is -0.000105. The van der Waals surface area contributed by atoms with Crippen LogP contribution in [0.15, 0.2) is 24.3 Å². The summed E-state index contributed by atoms with van der Waals surface area (Å²) in [6.45, 7) is 5.82. The van der Waals surface area contributed by atoms with Crippen molar-refractivity contribution in [2.75, 3.05) is 18.9 Å². The molecule has 4 nitrogen and oxygen atoms in total. The molecule has 1 aliphatic heterocycles. The van der Waals surface area contributed by atoms with E-state index in [1.165, 1.54) is 0 Å². The van der Waals surface area contributed by atoms with E-state index in [0.29, 0.717) is 19.7 Å². The second-order valence-electron chi connectivity index (χ2n) is 5.13. The molecule has 1 saturated heterocycles. The molecule has 104 valence electrons. The van der Waals surface area contributed by atoms with Gasteiger partial charge in [0.2, 0.25) is 5.91 Å². The number of hydrogen-bond acceptors (Lipinski definition) is 3. The number of nitrogens with zero attached hydrogens (tertiary/aromatic N) is 1. The van der Waals surface area contributed by atoms with Crippen molar-refractivity contribution in [3.8, 4) is 0 Å². The maximum absolute atomic E-state index is 12.4. The second-order valence-corrected chi connectivity index (χ2v) is 5.13. The van der Waals surface area contributed by atoms with Gasteiger partial charge in [0.1, 0.15) is 0 Å². The number of carbonyl (C=O) groups excluding carboxylic acids is 1. The van der Waals surface area contributed by atoms with Gasteiger partial charge in [-0.15, -0.1) is 0 Å². The first-order valence-corrected chi connectivity index (χ1v) is 6.85. The molecule has 0 radical (unpaired) electrons. The molecular formula is C15H22N2O2. The lowest BCUT2D eigenvalue weighted by Crippen LogP contribution is -2.36. The van der Waals surface area contributed by atoms with Crippen molar-refractivity contribution < 1.29 is 9.53 Å². The number of para-hydroxylation sites is 1. The van der Waals surface area contributed by atoms with Crippen molar-refractivity contribution in [2.24, 2.45) is 5.92 Å². The number of amides is 1. The highest BCUT2D eigenvalue weighted by molar-refractivity contribution is 5.79. The number of nitrogen functional groups attached to an aromatic ring is 1. The van der Waals surface area contributed by atoms with E-state index in [2.05, 4.69) is 0 Å². The van der Waals surface area contributed by atoms with Gasteiger partial charge >= 0.3 is 0 Å². The first-order chi connectivity index (χ1) is 9.11. The molecular weight excluding hydrogens is 240 g/mol. The number of rotatable bonds is 4. The first kappa shape index (κ1) is 13.9.